The Morgan fingerprint density at radius 1 is 1.13 bits per heavy atom. The molecule has 0 aromatic heterocycles. The lowest BCUT2D eigenvalue weighted by atomic mass is 10.1. The fourth-order valence-electron chi connectivity index (χ4n) is 1.64. The van der Waals surface area contributed by atoms with Crippen LogP contribution >= 0.6 is 0 Å². The molecule has 0 aliphatic rings. The topological polar surface area (TPSA) is 58.3 Å². The summed E-state index contributed by atoms with van der Waals surface area (Å²) in [5.41, 5.74) is 7.63. The number of fused-ring (bicyclic) bond motifs is 1. The van der Waals surface area contributed by atoms with Crippen LogP contribution in [0.3, 0.4) is 0 Å². The zero-order valence-electron chi connectivity index (χ0n) is 8.40. The first-order valence-corrected chi connectivity index (χ1v) is 4.95. The van der Waals surface area contributed by atoms with Crippen LogP contribution in [-0.4, -0.2) is 18.3 Å². The highest BCUT2D eigenvalue weighted by Gasteiger charge is 2.02. The molecule has 78 valence electrons. The van der Waals surface area contributed by atoms with Crippen LogP contribution in [0.5, 0.6) is 0 Å². The minimum Gasteiger partial charge on any atom is -0.397 e. The molecule has 2 aromatic carbocycles. The van der Waals surface area contributed by atoms with E-state index in [0.717, 1.165) is 22.1 Å². The summed E-state index contributed by atoms with van der Waals surface area (Å²) in [5, 5.41) is 14.0. The fraction of sp³-hybridized carbons (Fsp3) is 0.167. The summed E-state index contributed by atoms with van der Waals surface area (Å²) in [5.74, 6) is 0. The van der Waals surface area contributed by atoms with E-state index in [1.54, 1.807) is 0 Å². The van der Waals surface area contributed by atoms with Crippen LogP contribution in [0.2, 0.25) is 0 Å². The lowest BCUT2D eigenvalue weighted by Gasteiger charge is -2.10. The number of hydrogen-bond donors (Lipinski definition) is 3. The van der Waals surface area contributed by atoms with Crippen molar-refractivity contribution in [1.29, 1.82) is 0 Å². The molecule has 0 unspecified atom stereocenters. The smallest absolute Gasteiger partial charge is 0.0629 e. The Kier molecular flexibility index (Phi) is 2.74. The van der Waals surface area contributed by atoms with E-state index in [4.69, 9.17) is 10.8 Å². The van der Waals surface area contributed by atoms with Gasteiger partial charge in [-0.15, -0.1) is 0 Å². The first kappa shape index (κ1) is 9.80. The minimum absolute atomic E-state index is 0.103. The minimum atomic E-state index is 0.103. The Bertz CT molecular complexity index is 468. The van der Waals surface area contributed by atoms with Crippen LogP contribution in [0.25, 0.3) is 10.8 Å². The molecule has 0 heterocycles. The van der Waals surface area contributed by atoms with E-state index in [0.29, 0.717) is 6.54 Å². The molecule has 15 heavy (non-hydrogen) atoms. The Morgan fingerprint density at radius 2 is 1.93 bits per heavy atom. The molecule has 4 N–H and O–H groups in total. The number of rotatable bonds is 3. The standard InChI is InChI=1S/C12H14N2O/c13-12-10-4-2-1-3-9(10)5-6-11(12)14-7-8-15/h1-6,14-15H,7-8,13H2. The van der Waals surface area contributed by atoms with Gasteiger partial charge in [-0.1, -0.05) is 30.3 Å². The van der Waals surface area contributed by atoms with Crippen molar-refractivity contribution >= 4 is 22.1 Å². The molecule has 0 bridgehead atoms. The zero-order chi connectivity index (χ0) is 10.7. The largest absolute Gasteiger partial charge is 0.397 e. The maximum Gasteiger partial charge on any atom is 0.0629 e. The summed E-state index contributed by atoms with van der Waals surface area (Å²) in [4.78, 5) is 0. The molecule has 0 radical (unpaired) electrons. The van der Waals surface area contributed by atoms with E-state index in [-0.39, 0.29) is 6.61 Å². The van der Waals surface area contributed by atoms with Crippen molar-refractivity contribution in [2.24, 2.45) is 0 Å². The number of benzene rings is 2. The molecule has 0 fully saturated rings. The average Bonchev–Trinajstić information content (AvgIpc) is 2.29. The third kappa shape index (κ3) is 1.87. The van der Waals surface area contributed by atoms with Crippen molar-refractivity contribution in [3.63, 3.8) is 0 Å². The van der Waals surface area contributed by atoms with Gasteiger partial charge in [0.1, 0.15) is 0 Å². The molecule has 0 saturated carbocycles. The quantitative estimate of drug-likeness (QED) is 0.665. The number of anilines is 2. The maximum atomic E-state index is 8.73. The second kappa shape index (κ2) is 4.19. The molecule has 2 aromatic rings. The van der Waals surface area contributed by atoms with Gasteiger partial charge in [0.2, 0.25) is 0 Å². The van der Waals surface area contributed by atoms with Gasteiger partial charge in [-0.2, -0.15) is 0 Å². The molecule has 0 atom stereocenters. The maximum absolute atomic E-state index is 8.73. The summed E-state index contributed by atoms with van der Waals surface area (Å²) in [6, 6.07) is 11.9. The van der Waals surface area contributed by atoms with Gasteiger partial charge < -0.3 is 16.2 Å². The van der Waals surface area contributed by atoms with Crippen LogP contribution in [0, 0.1) is 0 Å². The second-order valence-corrected chi connectivity index (χ2v) is 3.40. The fourth-order valence-corrected chi connectivity index (χ4v) is 1.64. The Labute approximate surface area is 88.5 Å². The normalized spacial score (nSPS) is 10.5. The molecule has 0 saturated heterocycles. The molecule has 0 aliphatic heterocycles. The number of aliphatic hydroxyl groups excluding tert-OH is 1. The second-order valence-electron chi connectivity index (χ2n) is 3.40. The van der Waals surface area contributed by atoms with Gasteiger partial charge in [-0.3, -0.25) is 0 Å². The van der Waals surface area contributed by atoms with Crippen molar-refractivity contribution in [3.05, 3.63) is 36.4 Å². The first-order valence-electron chi connectivity index (χ1n) is 4.95. The van der Waals surface area contributed by atoms with E-state index >= 15 is 0 Å². The summed E-state index contributed by atoms with van der Waals surface area (Å²) in [7, 11) is 0. The number of aliphatic hydroxyl groups is 1. The number of nitrogens with two attached hydrogens (primary N) is 1. The summed E-state index contributed by atoms with van der Waals surface area (Å²) in [6.45, 7) is 0.620. The van der Waals surface area contributed by atoms with Gasteiger partial charge in [0, 0.05) is 11.9 Å². The van der Waals surface area contributed by atoms with Crippen molar-refractivity contribution in [3.8, 4) is 0 Å². The summed E-state index contributed by atoms with van der Waals surface area (Å²) >= 11 is 0. The van der Waals surface area contributed by atoms with Crippen LogP contribution in [0.15, 0.2) is 36.4 Å². The van der Waals surface area contributed by atoms with E-state index < -0.39 is 0 Å². The van der Waals surface area contributed by atoms with E-state index in [9.17, 15) is 0 Å². The average molecular weight is 202 g/mol. The highest BCUT2D eigenvalue weighted by molar-refractivity contribution is 5.98. The molecular weight excluding hydrogens is 188 g/mol. The van der Waals surface area contributed by atoms with Gasteiger partial charge in [-0.25, -0.2) is 0 Å². The molecule has 0 aliphatic carbocycles. The highest BCUT2D eigenvalue weighted by atomic mass is 16.3. The number of nitrogens with one attached hydrogen (secondary N) is 1. The molecule has 2 rings (SSSR count). The van der Waals surface area contributed by atoms with E-state index in [1.165, 1.54) is 0 Å². The Balaban J connectivity index is 2.45. The highest BCUT2D eigenvalue weighted by Crippen LogP contribution is 2.28. The molecule has 0 spiro atoms. The van der Waals surface area contributed by atoms with Gasteiger partial charge in [-0.05, 0) is 11.5 Å². The lowest BCUT2D eigenvalue weighted by Crippen LogP contribution is -2.07. The van der Waals surface area contributed by atoms with Crippen molar-refractivity contribution in [1.82, 2.24) is 0 Å². The number of hydrogen-bond acceptors (Lipinski definition) is 3. The summed E-state index contributed by atoms with van der Waals surface area (Å²) in [6.07, 6.45) is 0. The molecule has 0 amide bonds. The first-order chi connectivity index (χ1) is 7.33. The molecular formula is C12H14N2O. The number of nitrogen functional groups attached to an aromatic ring is 1. The SMILES string of the molecule is Nc1c(NCCO)ccc2ccccc12. The predicted molar refractivity (Wildman–Crippen MR) is 63.9 cm³/mol. The van der Waals surface area contributed by atoms with Crippen molar-refractivity contribution in [2.75, 3.05) is 24.2 Å². The van der Waals surface area contributed by atoms with Crippen LogP contribution in [0.1, 0.15) is 0 Å². The van der Waals surface area contributed by atoms with Gasteiger partial charge >= 0.3 is 0 Å². The zero-order valence-corrected chi connectivity index (χ0v) is 8.40. The Hall–Kier alpha value is -1.74. The third-order valence-electron chi connectivity index (χ3n) is 2.40. The molecule has 3 nitrogen and oxygen atoms in total. The third-order valence-corrected chi connectivity index (χ3v) is 2.40. The van der Waals surface area contributed by atoms with E-state index in [1.807, 2.05) is 36.4 Å². The van der Waals surface area contributed by atoms with Crippen LogP contribution in [-0.2, 0) is 0 Å². The van der Waals surface area contributed by atoms with Crippen molar-refractivity contribution < 1.29 is 5.11 Å². The van der Waals surface area contributed by atoms with E-state index in [2.05, 4.69) is 5.32 Å². The lowest BCUT2D eigenvalue weighted by molar-refractivity contribution is 0.311. The van der Waals surface area contributed by atoms with Crippen molar-refractivity contribution in [2.45, 2.75) is 0 Å². The van der Waals surface area contributed by atoms with Crippen LogP contribution < -0.4 is 11.1 Å². The van der Waals surface area contributed by atoms with Crippen LogP contribution in [0.4, 0.5) is 11.4 Å². The summed E-state index contributed by atoms with van der Waals surface area (Å²) < 4.78 is 0. The van der Waals surface area contributed by atoms with Gasteiger partial charge in [0.15, 0.2) is 0 Å². The predicted octanol–water partition coefficient (Wildman–Crippen LogP) is 1.83. The van der Waals surface area contributed by atoms with Gasteiger partial charge in [0.05, 0.1) is 18.0 Å². The molecule has 3 heteroatoms. The monoisotopic (exact) mass is 202 g/mol. The Morgan fingerprint density at radius 3 is 2.73 bits per heavy atom. The van der Waals surface area contributed by atoms with Gasteiger partial charge in [0.25, 0.3) is 0 Å².